The van der Waals surface area contributed by atoms with Crippen LogP contribution in [0.15, 0.2) is 473 Å². The Bertz CT molecular complexity index is 5970. The molecule has 552 valence electrons. The maximum Gasteiger partial charge on any atom is -0.00761 e. The zero-order chi connectivity index (χ0) is 78.5. The zero-order valence-corrected chi connectivity index (χ0v) is 66.0. The van der Waals surface area contributed by atoms with Crippen molar-refractivity contribution in [2.45, 2.75) is 41.5 Å². The van der Waals surface area contributed by atoms with E-state index in [1.165, 1.54) is 167 Å². The average molecular weight is 1470 g/mol. The molecule has 18 aromatic carbocycles. The molecule has 0 unspecified atom stereocenters. The van der Waals surface area contributed by atoms with E-state index in [1.54, 1.807) is 0 Å². The molecule has 0 N–H and O–H groups in total. The number of benzene rings is 18. The molecule has 0 saturated carbocycles. The lowest BCUT2D eigenvalue weighted by atomic mass is 9.91. The Morgan fingerprint density at radius 3 is 0.781 bits per heavy atom. The first-order valence-corrected chi connectivity index (χ1v) is 39.4. The van der Waals surface area contributed by atoms with E-state index in [0.29, 0.717) is 0 Å². The summed E-state index contributed by atoms with van der Waals surface area (Å²) in [5, 5.41) is 0. The predicted octanol–water partition coefficient (Wildman–Crippen LogP) is 32.0. The molecule has 0 aliphatic rings. The molecule has 18 rings (SSSR count). The van der Waals surface area contributed by atoms with Crippen LogP contribution in [0.3, 0.4) is 0 Å². The fourth-order valence-electron chi connectivity index (χ4n) is 14.5. The van der Waals surface area contributed by atoms with Gasteiger partial charge >= 0.3 is 0 Å². The van der Waals surface area contributed by atoms with E-state index < -0.39 is 0 Å². The third kappa shape index (κ3) is 21.1. The molecular weight excluding hydrogens is 1370 g/mol. The quantitative estimate of drug-likeness (QED) is 0.114. The van der Waals surface area contributed by atoms with Crippen LogP contribution < -0.4 is 0 Å². The predicted molar refractivity (Wildman–Crippen MR) is 492 cm³/mol. The molecule has 0 amide bonds. The second-order valence-electron chi connectivity index (χ2n) is 28.6. The van der Waals surface area contributed by atoms with Crippen LogP contribution in [0.2, 0.25) is 0 Å². The van der Waals surface area contributed by atoms with Crippen molar-refractivity contribution in [2.75, 3.05) is 0 Å². The largest absolute Gasteiger partial charge is 0.0622 e. The summed E-state index contributed by atoms with van der Waals surface area (Å²) in [4.78, 5) is 0. The van der Waals surface area contributed by atoms with E-state index in [-0.39, 0.29) is 0 Å². The molecule has 0 spiro atoms. The smallest absolute Gasteiger partial charge is 0.00761 e. The Labute approximate surface area is 677 Å². The SMILES string of the molecule is Cc1cc(-c2ccccc2)ccc1-c1ccccc1.Cc1cccc(-c2cccc(-c3ccccc3)c2)c1.Cc1cccc(-c2ccccc2)c1-c1ccccc1.Cc1ccccc1-c1ccc(-c2ccccc2)cc1.Cc1ccccc1-c1cccc(-c2ccccc2)c1.Cc1ccccc1-c1ccccc1-c1ccccc1. The van der Waals surface area contributed by atoms with Gasteiger partial charge < -0.3 is 0 Å². The van der Waals surface area contributed by atoms with Crippen molar-refractivity contribution >= 4 is 0 Å². The summed E-state index contributed by atoms with van der Waals surface area (Å²) >= 11 is 0. The first-order chi connectivity index (χ1) is 56.1. The number of hydrogen-bond donors (Lipinski definition) is 0. The molecule has 0 heteroatoms. The molecule has 18 aromatic rings. The van der Waals surface area contributed by atoms with Gasteiger partial charge in [0.25, 0.3) is 0 Å². The van der Waals surface area contributed by atoms with Gasteiger partial charge in [-0.2, -0.15) is 0 Å². The van der Waals surface area contributed by atoms with Crippen LogP contribution in [0.25, 0.3) is 134 Å². The van der Waals surface area contributed by atoms with Gasteiger partial charge in [-0.05, 0) is 215 Å². The highest BCUT2D eigenvalue weighted by molar-refractivity contribution is 5.87. The van der Waals surface area contributed by atoms with Gasteiger partial charge in [-0.1, -0.05) is 467 Å². The third-order valence-corrected chi connectivity index (χ3v) is 20.5. The van der Waals surface area contributed by atoms with E-state index in [9.17, 15) is 0 Å². The molecule has 0 radical (unpaired) electrons. The topological polar surface area (TPSA) is 0 Å². The maximum atomic E-state index is 2.26. The fraction of sp³-hybridized carbons (Fsp3) is 0.0526. The van der Waals surface area contributed by atoms with Crippen LogP contribution >= 0.6 is 0 Å². The van der Waals surface area contributed by atoms with E-state index >= 15 is 0 Å². The molecular formula is C114H96. The van der Waals surface area contributed by atoms with Crippen molar-refractivity contribution in [3.05, 3.63) is 507 Å². The molecule has 0 atom stereocenters. The molecule has 0 aliphatic heterocycles. The summed E-state index contributed by atoms with van der Waals surface area (Å²) in [6.45, 7) is 13.0. The normalized spacial score (nSPS) is 10.4. The summed E-state index contributed by atoms with van der Waals surface area (Å²) in [5.74, 6) is 0. The van der Waals surface area contributed by atoms with Crippen LogP contribution in [0.1, 0.15) is 33.4 Å². The van der Waals surface area contributed by atoms with E-state index in [2.05, 4.69) is 503 Å². The van der Waals surface area contributed by atoms with Crippen molar-refractivity contribution in [1.82, 2.24) is 0 Å². The van der Waals surface area contributed by atoms with Crippen molar-refractivity contribution in [1.29, 1.82) is 0 Å². The standard InChI is InChI=1S/6C19H16/c1-15-9-8-14-18(16-10-4-2-5-11-16)19(15)17-12-6-3-7-13-17;1-15-14-18(16-8-4-2-5-9-16)12-13-19(15)17-10-6-3-7-11-17;1-15-7-5-10-17(13-15)19-12-6-11-18(14-19)16-8-3-2-4-9-16;1-15-9-5-6-12-17(15)19-14-8-7-13-18(19)16-10-3-2-4-11-16;1-15-8-5-6-13-19(15)18-12-7-11-17(14-18)16-9-3-2-4-10-16;1-15-7-5-6-10-19(15)18-13-11-17(12-14-18)16-8-3-2-4-9-16/h6*2-14H,1H3. The zero-order valence-electron chi connectivity index (χ0n) is 66.0. The number of rotatable bonds is 12. The second kappa shape index (κ2) is 40.1. The molecule has 0 heterocycles. The second-order valence-corrected chi connectivity index (χ2v) is 28.6. The summed E-state index contributed by atoms with van der Waals surface area (Å²) in [6.07, 6.45) is 0. The van der Waals surface area contributed by atoms with E-state index in [4.69, 9.17) is 0 Å². The Morgan fingerprint density at radius 2 is 0.342 bits per heavy atom. The number of aryl methyl sites for hydroxylation is 6. The average Bonchev–Trinajstić information content (AvgIpc) is 0.798. The van der Waals surface area contributed by atoms with Crippen LogP contribution in [0.4, 0.5) is 0 Å². The van der Waals surface area contributed by atoms with Crippen molar-refractivity contribution < 1.29 is 0 Å². The minimum Gasteiger partial charge on any atom is -0.0622 e. The molecule has 0 fully saturated rings. The molecule has 0 saturated heterocycles. The Morgan fingerprint density at radius 1 is 0.105 bits per heavy atom. The highest BCUT2D eigenvalue weighted by Crippen LogP contribution is 2.38. The highest BCUT2D eigenvalue weighted by atomic mass is 14.2. The lowest BCUT2D eigenvalue weighted by Gasteiger charge is -2.13. The summed E-state index contributed by atoms with van der Waals surface area (Å²) in [5.41, 5.74) is 38.6. The third-order valence-electron chi connectivity index (χ3n) is 20.5. The van der Waals surface area contributed by atoms with Gasteiger partial charge in [-0.25, -0.2) is 0 Å². The highest BCUT2D eigenvalue weighted by Gasteiger charge is 2.13. The minimum absolute atomic E-state index is 1.26. The molecule has 0 aliphatic carbocycles. The van der Waals surface area contributed by atoms with E-state index in [0.717, 1.165) is 0 Å². The Kier molecular flexibility index (Phi) is 27.4. The van der Waals surface area contributed by atoms with Crippen molar-refractivity contribution in [3.63, 3.8) is 0 Å². The van der Waals surface area contributed by atoms with Crippen molar-refractivity contribution in [3.8, 4) is 134 Å². The molecule has 0 aromatic heterocycles. The molecule has 0 nitrogen and oxygen atoms in total. The number of hydrogen-bond acceptors (Lipinski definition) is 0. The van der Waals surface area contributed by atoms with Crippen LogP contribution in [0.5, 0.6) is 0 Å². The van der Waals surface area contributed by atoms with Crippen LogP contribution in [0, 0.1) is 41.5 Å². The summed E-state index contributed by atoms with van der Waals surface area (Å²) < 4.78 is 0. The first-order valence-electron chi connectivity index (χ1n) is 39.4. The van der Waals surface area contributed by atoms with Crippen molar-refractivity contribution in [2.24, 2.45) is 0 Å². The lowest BCUT2D eigenvalue weighted by Crippen LogP contribution is -1.88. The summed E-state index contributed by atoms with van der Waals surface area (Å²) in [6, 6.07) is 166. The minimum atomic E-state index is 1.26. The Hall–Kier alpha value is -14.0. The van der Waals surface area contributed by atoms with Gasteiger partial charge in [0.2, 0.25) is 0 Å². The van der Waals surface area contributed by atoms with Crippen LogP contribution in [-0.2, 0) is 0 Å². The Balaban J connectivity index is 0.000000119. The van der Waals surface area contributed by atoms with Gasteiger partial charge in [0.05, 0.1) is 0 Å². The monoisotopic (exact) mass is 1460 g/mol. The fourth-order valence-corrected chi connectivity index (χ4v) is 14.5. The van der Waals surface area contributed by atoms with Gasteiger partial charge in [0.15, 0.2) is 0 Å². The maximum absolute atomic E-state index is 2.26. The van der Waals surface area contributed by atoms with Gasteiger partial charge in [0, 0.05) is 0 Å². The lowest BCUT2D eigenvalue weighted by molar-refractivity contribution is 1.45. The van der Waals surface area contributed by atoms with Gasteiger partial charge in [0.1, 0.15) is 0 Å². The van der Waals surface area contributed by atoms with E-state index in [1.807, 2.05) is 12.1 Å². The first kappa shape index (κ1) is 78.1. The summed E-state index contributed by atoms with van der Waals surface area (Å²) in [7, 11) is 0. The molecule has 114 heavy (non-hydrogen) atoms. The van der Waals surface area contributed by atoms with Crippen LogP contribution in [-0.4, -0.2) is 0 Å². The molecule has 0 bridgehead atoms. The van der Waals surface area contributed by atoms with Gasteiger partial charge in [-0.15, -0.1) is 0 Å². The van der Waals surface area contributed by atoms with Gasteiger partial charge in [-0.3, -0.25) is 0 Å².